The molecule has 2 aromatic rings. The van der Waals surface area contributed by atoms with Crippen molar-refractivity contribution in [2.75, 3.05) is 20.3 Å². The lowest BCUT2D eigenvalue weighted by Crippen LogP contribution is -2.19. The van der Waals surface area contributed by atoms with E-state index in [1.807, 2.05) is 18.2 Å². The second-order valence-corrected chi connectivity index (χ2v) is 4.22. The normalized spacial score (nSPS) is 10.8. The third-order valence-corrected chi connectivity index (χ3v) is 2.75. The van der Waals surface area contributed by atoms with Crippen molar-refractivity contribution in [2.45, 2.75) is 6.54 Å². The van der Waals surface area contributed by atoms with Crippen LogP contribution >= 0.6 is 11.6 Å². The molecule has 96 valence electrons. The number of hydrogen-bond acceptors (Lipinski definition) is 4. The fourth-order valence-electron chi connectivity index (χ4n) is 1.63. The van der Waals surface area contributed by atoms with Crippen LogP contribution in [0.15, 0.2) is 30.9 Å². The summed E-state index contributed by atoms with van der Waals surface area (Å²) in [5.41, 5.74) is 2.05. The molecule has 0 fully saturated rings. The third-order valence-electron chi connectivity index (χ3n) is 2.51. The minimum Gasteiger partial charge on any atom is -0.383 e. The topological polar surface area (TPSA) is 52.0 Å². The van der Waals surface area contributed by atoms with Gasteiger partial charge in [0.05, 0.1) is 12.3 Å². The smallest absolute Gasteiger partial charge is 0.138 e. The molecule has 0 radical (unpaired) electrons. The van der Waals surface area contributed by atoms with Gasteiger partial charge < -0.3 is 10.1 Å². The molecule has 0 bridgehead atoms. The molecule has 6 heteroatoms. The summed E-state index contributed by atoms with van der Waals surface area (Å²) in [4.78, 5) is 3.95. The molecule has 0 aliphatic rings. The molecule has 0 aliphatic carbocycles. The lowest BCUT2D eigenvalue weighted by Gasteiger charge is -2.10. The lowest BCUT2D eigenvalue weighted by molar-refractivity contribution is 0.199. The summed E-state index contributed by atoms with van der Waals surface area (Å²) in [7, 11) is 1.69. The van der Waals surface area contributed by atoms with Crippen molar-refractivity contribution >= 4 is 11.6 Å². The van der Waals surface area contributed by atoms with E-state index >= 15 is 0 Å². The largest absolute Gasteiger partial charge is 0.383 e. The van der Waals surface area contributed by atoms with Crippen LogP contribution in [0.5, 0.6) is 0 Å². The van der Waals surface area contributed by atoms with Crippen molar-refractivity contribution in [3.8, 4) is 5.69 Å². The highest BCUT2D eigenvalue weighted by atomic mass is 35.5. The van der Waals surface area contributed by atoms with Crippen LogP contribution in [0.1, 0.15) is 5.56 Å². The Balaban J connectivity index is 2.14. The minimum absolute atomic E-state index is 0.682. The summed E-state index contributed by atoms with van der Waals surface area (Å²) in [5, 5.41) is 8.10. The quantitative estimate of drug-likeness (QED) is 0.808. The van der Waals surface area contributed by atoms with Gasteiger partial charge in [-0.3, -0.25) is 0 Å². The first-order chi connectivity index (χ1) is 8.81. The monoisotopic (exact) mass is 266 g/mol. The Morgan fingerprint density at radius 3 is 3.06 bits per heavy atom. The Bertz CT molecular complexity index is 487. The molecule has 0 saturated carbocycles. The molecule has 2 rings (SSSR count). The van der Waals surface area contributed by atoms with E-state index in [2.05, 4.69) is 15.4 Å². The van der Waals surface area contributed by atoms with Gasteiger partial charge in [0.15, 0.2) is 0 Å². The number of methoxy groups -OCH3 is 1. The molecule has 0 saturated heterocycles. The van der Waals surface area contributed by atoms with Gasteiger partial charge in [-0.1, -0.05) is 17.7 Å². The number of ether oxygens (including phenoxy) is 1. The van der Waals surface area contributed by atoms with Crippen molar-refractivity contribution in [1.29, 1.82) is 0 Å². The maximum absolute atomic E-state index is 6.02. The maximum Gasteiger partial charge on any atom is 0.138 e. The number of aromatic nitrogens is 3. The first kappa shape index (κ1) is 13.0. The van der Waals surface area contributed by atoms with Gasteiger partial charge in [-0.05, 0) is 17.7 Å². The Morgan fingerprint density at radius 1 is 1.44 bits per heavy atom. The molecule has 18 heavy (non-hydrogen) atoms. The van der Waals surface area contributed by atoms with E-state index in [0.717, 1.165) is 24.3 Å². The van der Waals surface area contributed by atoms with Gasteiger partial charge >= 0.3 is 0 Å². The molecule has 0 spiro atoms. The molecule has 1 N–H and O–H groups in total. The first-order valence-electron chi connectivity index (χ1n) is 5.64. The van der Waals surface area contributed by atoms with Gasteiger partial charge in [0.25, 0.3) is 0 Å². The summed E-state index contributed by atoms with van der Waals surface area (Å²) in [6, 6.07) is 5.73. The van der Waals surface area contributed by atoms with Crippen LogP contribution in [0, 0.1) is 0 Å². The molecule has 5 nitrogen and oxygen atoms in total. The van der Waals surface area contributed by atoms with E-state index in [-0.39, 0.29) is 0 Å². The van der Waals surface area contributed by atoms with E-state index < -0.39 is 0 Å². The molecule has 1 aromatic heterocycles. The van der Waals surface area contributed by atoms with Crippen LogP contribution in [0.25, 0.3) is 5.69 Å². The van der Waals surface area contributed by atoms with Crippen LogP contribution in [0.2, 0.25) is 5.02 Å². The Labute approximate surface area is 111 Å². The summed E-state index contributed by atoms with van der Waals surface area (Å²) in [6.07, 6.45) is 3.16. The number of rotatable bonds is 6. The fraction of sp³-hybridized carbons (Fsp3) is 0.333. The van der Waals surface area contributed by atoms with Crippen molar-refractivity contribution in [1.82, 2.24) is 20.1 Å². The number of hydrogen-bond donors (Lipinski definition) is 1. The average Bonchev–Trinajstić information content (AvgIpc) is 2.90. The Morgan fingerprint density at radius 2 is 2.33 bits per heavy atom. The fourth-order valence-corrected chi connectivity index (χ4v) is 1.80. The summed E-state index contributed by atoms with van der Waals surface area (Å²) < 4.78 is 6.70. The SMILES string of the molecule is COCCNCc1ccc(Cl)cc1-n1cncn1. The van der Waals surface area contributed by atoms with E-state index in [9.17, 15) is 0 Å². The zero-order valence-electron chi connectivity index (χ0n) is 10.1. The van der Waals surface area contributed by atoms with Gasteiger partial charge in [0.2, 0.25) is 0 Å². The molecule has 0 aliphatic heterocycles. The first-order valence-corrected chi connectivity index (χ1v) is 6.02. The number of halogens is 1. The molecular formula is C12H15ClN4O. The predicted molar refractivity (Wildman–Crippen MR) is 70.0 cm³/mol. The van der Waals surface area contributed by atoms with Gasteiger partial charge in [-0.2, -0.15) is 5.10 Å². The van der Waals surface area contributed by atoms with E-state index in [1.165, 1.54) is 6.33 Å². The molecule has 1 heterocycles. The highest BCUT2D eigenvalue weighted by Crippen LogP contribution is 2.19. The molecule has 0 amide bonds. The standard InChI is InChI=1S/C12H15ClN4O/c1-18-5-4-14-7-10-2-3-11(13)6-12(10)17-9-15-8-16-17/h2-3,6,8-9,14H,4-5,7H2,1H3. The van der Waals surface area contributed by atoms with Gasteiger partial charge in [0.1, 0.15) is 12.7 Å². The van der Waals surface area contributed by atoms with Crippen molar-refractivity contribution in [2.24, 2.45) is 0 Å². The predicted octanol–water partition coefficient (Wildman–Crippen LogP) is 1.66. The summed E-state index contributed by atoms with van der Waals surface area (Å²) in [5.74, 6) is 0. The Hall–Kier alpha value is -1.43. The zero-order valence-corrected chi connectivity index (χ0v) is 10.9. The number of benzene rings is 1. The number of nitrogens with one attached hydrogen (secondary N) is 1. The highest BCUT2D eigenvalue weighted by molar-refractivity contribution is 6.30. The van der Waals surface area contributed by atoms with Crippen molar-refractivity contribution < 1.29 is 4.74 Å². The van der Waals surface area contributed by atoms with E-state index in [4.69, 9.17) is 16.3 Å². The molecule has 1 aromatic carbocycles. The number of nitrogens with zero attached hydrogens (tertiary/aromatic N) is 3. The molecule has 0 atom stereocenters. The van der Waals surface area contributed by atoms with Gasteiger partial charge in [-0.15, -0.1) is 0 Å². The maximum atomic E-state index is 6.02. The minimum atomic E-state index is 0.682. The van der Waals surface area contributed by atoms with Crippen LogP contribution in [0.3, 0.4) is 0 Å². The van der Waals surface area contributed by atoms with Crippen LogP contribution < -0.4 is 5.32 Å². The van der Waals surface area contributed by atoms with E-state index in [0.29, 0.717) is 11.6 Å². The molecule has 0 unspecified atom stereocenters. The van der Waals surface area contributed by atoms with Gasteiger partial charge in [0, 0.05) is 25.2 Å². The second-order valence-electron chi connectivity index (χ2n) is 3.78. The third kappa shape index (κ3) is 3.29. The van der Waals surface area contributed by atoms with Crippen LogP contribution in [-0.2, 0) is 11.3 Å². The lowest BCUT2D eigenvalue weighted by atomic mass is 10.2. The van der Waals surface area contributed by atoms with Crippen molar-refractivity contribution in [3.05, 3.63) is 41.4 Å². The van der Waals surface area contributed by atoms with Crippen LogP contribution in [0.4, 0.5) is 0 Å². The Kier molecular flexibility index (Phi) is 4.69. The molecular weight excluding hydrogens is 252 g/mol. The van der Waals surface area contributed by atoms with Gasteiger partial charge in [-0.25, -0.2) is 9.67 Å². The van der Waals surface area contributed by atoms with Crippen molar-refractivity contribution in [3.63, 3.8) is 0 Å². The summed E-state index contributed by atoms with van der Waals surface area (Å²) in [6.45, 7) is 2.22. The average molecular weight is 267 g/mol. The van der Waals surface area contributed by atoms with Crippen LogP contribution in [-0.4, -0.2) is 35.0 Å². The zero-order chi connectivity index (χ0) is 12.8. The highest BCUT2D eigenvalue weighted by Gasteiger charge is 2.06. The van der Waals surface area contributed by atoms with E-state index in [1.54, 1.807) is 18.1 Å². The summed E-state index contributed by atoms with van der Waals surface area (Å²) >= 11 is 6.02. The second kappa shape index (κ2) is 6.49.